The van der Waals surface area contributed by atoms with Crippen molar-refractivity contribution >= 4 is 33.6 Å². The van der Waals surface area contributed by atoms with E-state index in [9.17, 15) is 9.59 Å². The van der Waals surface area contributed by atoms with Crippen LogP contribution in [-0.4, -0.2) is 24.5 Å². The van der Waals surface area contributed by atoms with Crippen LogP contribution in [0.15, 0.2) is 40.8 Å². The number of carbonyl (C=O) groups is 2. The first-order chi connectivity index (χ1) is 11.5. The standard InChI is InChI=1S/C19H19NO4/c1-4-23-19(22)12(3)20-18(21)16-11(2)14-10-9-13-7-5-6-8-15(13)17(14)24-16/h5-10,12H,4H2,1-3H3,(H,20,21)/t12-/m0/s1. The van der Waals surface area contributed by atoms with E-state index in [0.29, 0.717) is 5.58 Å². The molecule has 5 nitrogen and oxygen atoms in total. The van der Waals surface area contributed by atoms with E-state index < -0.39 is 17.9 Å². The number of hydrogen-bond acceptors (Lipinski definition) is 4. The van der Waals surface area contributed by atoms with Crippen LogP contribution in [0, 0.1) is 6.92 Å². The maximum absolute atomic E-state index is 12.5. The van der Waals surface area contributed by atoms with Crippen molar-refractivity contribution in [1.82, 2.24) is 5.32 Å². The molecule has 0 saturated heterocycles. The van der Waals surface area contributed by atoms with E-state index in [4.69, 9.17) is 9.15 Å². The van der Waals surface area contributed by atoms with Gasteiger partial charge in [0.15, 0.2) is 5.76 Å². The predicted molar refractivity (Wildman–Crippen MR) is 92.0 cm³/mol. The van der Waals surface area contributed by atoms with Crippen LogP contribution < -0.4 is 5.32 Å². The molecule has 0 aliphatic rings. The molecule has 1 N–H and O–H groups in total. The minimum Gasteiger partial charge on any atom is -0.464 e. The first-order valence-corrected chi connectivity index (χ1v) is 7.91. The van der Waals surface area contributed by atoms with Gasteiger partial charge in [0.2, 0.25) is 0 Å². The Hall–Kier alpha value is -2.82. The fourth-order valence-electron chi connectivity index (χ4n) is 2.75. The first-order valence-electron chi connectivity index (χ1n) is 7.91. The number of benzene rings is 2. The minimum atomic E-state index is -0.734. The lowest BCUT2D eigenvalue weighted by atomic mass is 10.1. The van der Waals surface area contributed by atoms with Crippen LogP contribution in [0.5, 0.6) is 0 Å². The summed E-state index contributed by atoms with van der Waals surface area (Å²) >= 11 is 0. The summed E-state index contributed by atoms with van der Waals surface area (Å²) in [4.78, 5) is 24.2. The summed E-state index contributed by atoms with van der Waals surface area (Å²) in [5.74, 6) is -0.670. The molecule has 0 radical (unpaired) electrons. The maximum Gasteiger partial charge on any atom is 0.328 e. The van der Waals surface area contributed by atoms with E-state index in [1.807, 2.05) is 43.3 Å². The SMILES string of the molecule is CCOC(=O)[C@H](C)NC(=O)c1oc2c(ccc3ccccc32)c1C. The molecule has 124 valence electrons. The summed E-state index contributed by atoms with van der Waals surface area (Å²) in [7, 11) is 0. The Bertz CT molecular complexity index is 926. The first kappa shape index (κ1) is 16.1. The summed E-state index contributed by atoms with van der Waals surface area (Å²) in [6, 6.07) is 11.1. The second-order valence-corrected chi connectivity index (χ2v) is 5.67. The van der Waals surface area contributed by atoms with Crippen molar-refractivity contribution < 1.29 is 18.7 Å². The second-order valence-electron chi connectivity index (χ2n) is 5.67. The topological polar surface area (TPSA) is 68.5 Å². The lowest BCUT2D eigenvalue weighted by Crippen LogP contribution is -2.39. The zero-order chi connectivity index (χ0) is 17.3. The Kier molecular flexibility index (Phi) is 4.25. The summed E-state index contributed by atoms with van der Waals surface area (Å²) in [5.41, 5.74) is 1.43. The molecule has 1 atom stereocenters. The van der Waals surface area contributed by atoms with Crippen molar-refractivity contribution in [2.24, 2.45) is 0 Å². The van der Waals surface area contributed by atoms with Crippen LogP contribution in [-0.2, 0) is 9.53 Å². The molecule has 24 heavy (non-hydrogen) atoms. The minimum absolute atomic E-state index is 0.220. The second kappa shape index (κ2) is 6.35. The molecule has 2 aromatic carbocycles. The molecule has 0 spiro atoms. The average Bonchev–Trinajstić information content (AvgIpc) is 2.92. The third kappa shape index (κ3) is 2.73. The van der Waals surface area contributed by atoms with Crippen LogP contribution in [0.2, 0.25) is 0 Å². The number of carbonyl (C=O) groups excluding carboxylic acids is 2. The van der Waals surface area contributed by atoms with Crippen LogP contribution in [0.4, 0.5) is 0 Å². The highest BCUT2D eigenvalue weighted by atomic mass is 16.5. The molecule has 3 rings (SSSR count). The van der Waals surface area contributed by atoms with Gasteiger partial charge in [0.1, 0.15) is 11.6 Å². The summed E-state index contributed by atoms with van der Waals surface area (Å²) in [6.45, 7) is 5.42. The lowest BCUT2D eigenvalue weighted by Gasteiger charge is -2.11. The van der Waals surface area contributed by atoms with Gasteiger partial charge in [-0.25, -0.2) is 4.79 Å². The van der Waals surface area contributed by atoms with Gasteiger partial charge < -0.3 is 14.5 Å². The van der Waals surface area contributed by atoms with Crippen molar-refractivity contribution in [3.05, 3.63) is 47.7 Å². The van der Waals surface area contributed by atoms with E-state index in [0.717, 1.165) is 21.7 Å². The van der Waals surface area contributed by atoms with E-state index in [1.54, 1.807) is 13.8 Å². The van der Waals surface area contributed by atoms with Crippen molar-refractivity contribution in [2.75, 3.05) is 6.61 Å². The van der Waals surface area contributed by atoms with Crippen LogP contribution in [0.1, 0.15) is 30.0 Å². The highest BCUT2D eigenvalue weighted by Gasteiger charge is 2.23. The number of nitrogens with one attached hydrogen (secondary N) is 1. The van der Waals surface area contributed by atoms with Gasteiger partial charge in [0, 0.05) is 16.3 Å². The molecule has 1 heterocycles. The zero-order valence-corrected chi connectivity index (χ0v) is 13.9. The predicted octanol–water partition coefficient (Wildman–Crippen LogP) is 3.58. The molecule has 5 heteroatoms. The van der Waals surface area contributed by atoms with Crippen molar-refractivity contribution in [3.8, 4) is 0 Å². The summed E-state index contributed by atoms with van der Waals surface area (Å²) < 4.78 is 10.8. The Balaban J connectivity index is 1.98. The molecule has 0 saturated carbocycles. The monoisotopic (exact) mass is 325 g/mol. The number of ether oxygens (including phenoxy) is 1. The molecule has 1 aromatic heterocycles. The number of amides is 1. The fraction of sp³-hybridized carbons (Fsp3) is 0.263. The molecular weight excluding hydrogens is 306 g/mol. The molecule has 1 amide bonds. The van der Waals surface area contributed by atoms with E-state index in [-0.39, 0.29) is 12.4 Å². The Morgan fingerprint density at radius 2 is 1.92 bits per heavy atom. The van der Waals surface area contributed by atoms with Gasteiger partial charge >= 0.3 is 5.97 Å². The largest absolute Gasteiger partial charge is 0.464 e. The number of hydrogen-bond donors (Lipinski definition) is 1. The summed E-state index contributed by atoms with van der Waals surface area (Å²) in [5, 5.41) is 5.52. The van der Waals surface area contributed by atoms with Crippen molar-refractivity contribution in [1.29, 1.82) is 0 Å². The van der Waals surface area contributed by atoms with Gasteiger partial charge in [-0.2, -0.15) is 0 Å². The molecular formula is C19H19NO4. The molecule has 3 aromatic rings. The third-order valence-corrected chi connectivity index (χ3v) is 4.02. The van der Waals surface area contributed by atoms with Crippen molar-refractivity contribution in [3.63, 3.8) is 0 Å². The highest BCUT2D eigenvalue weighted by Crippen LogP contribution is 2.31. The van der Waals surface area contributed by atoms with Crippen molar-refractivity contribution in [2.45, 2.75) is 26.8 Å². The van der Waals surface area contributed by atoms with E-state index in [2.05, 4.69) is 5.32 Å². The van der Waals surface area contributed by atoms with Crippen LogP contribution in [0.3, 0.4) is 0 Å². The number of aryl methyl sites for hydroxylation is 1. The average molecular weight is 325 g/mol. The molecule has 0 aliphatic heterocycles. The zero-order valence-electron chi connectivity index (χ0n) is 13.9. The van der Waals surface area contributed by atoms with Gasteiger partial charge in [-0.1, -0.05) is 36.4 Å². The maximum atomic E-state index is 12.5. The Labute approximate surface area is 139 Å². The van der Waals surface area contributed by atoms with Gasteiger partial charge in [-0.05, 0) is 26.2 Å². The number of furan rings is 1. The van der Waals surface area contributed by atoms with E-state index in [1.165, 1.54) is 0 Å². The lowest BCUT2D eigenvalue weighted by molar-refractivity contribution is -0.144. The summed E-state index contributed by atoms with van der Waals surface area (Å²) in [6.07, 6.45) is 0. The normalized spacial score (nSPS) is 12.3. The van der Waals surface area contributed by atoms with E-state index >= 15 is 0 Å². The van der Waals surface area contributed by atoms with Crippen LogP contribution >= 0.6 is 0 Å². The van der Waals surface area contributed by atoms with Gasteiger partial charge in [0.25, 0.3) is 5.91 Å². The number of esters is 1. The Morgan fingerprint density at radius 1 is 1.17 bits per heavy atom. The van der Waals surface area contributed by atoms with Gasteiger partial charge in [0.05, 0.1) is 6.61 Å². The van der Waals surface area contributed by atoms with Gasteiger partial charge in [-0.3, -0.25) is 4.79 Å². The van der Waals surface area contributed by atoms with Gasteiger partial charge in [-0.15, -0.1) is 0 Å². The van der Waals surface area contributed by atoms with Crippen LogP contribution in [0.25, 0.3) is 21.7 Å². The molecule has 0 aliphatic carbocycles. The molecule has 0 fully saturated rings. The Morgan fingerprint density at radius 3 is 2.67 bits per heavy atom. The molecule has 0 bridgehead atoms. The number of rotatable bonds is 4. The smallest absolute Gasteiger partial charge is 0.328 e. The molecule has 0 unspecified atom stereocenters. The quantitative estimate of drug-likeness (QED) is 0.745. The number of fused-ring (bicyclic) bond motifs is 3. The fourth-order valence-corrected chi connectivity index (χ4v) is 2.75. The highest BCUT2D eigenvalue weighted by molar-refractivity contribution is 6.09. The third-order valence-electron chi connectivity index (χ3n) is 4.02.